The number of methoxy groups -OCH3 is 1. The number of carbonyl (C=O) groups is 1. The van der Waals surface area contributed by atoms with Crippen molar-refractivity contribution in [2.24, 2.45) is 0 Å². The SMILES string of the molecule is CCOC(=O)C(NCCC(O)COC)c1ccccc1. The van der Waals surface area contributed by atoms with Crippen molar-refractivity contribution in [2.45, 2.75) is 25.5 Å². The van der Waals surface area contributed by atoms with E-state index in [1.165, 1.54) is 0 Å². The number of carbonyl (C=O) groups excluding carboxylic acids is 1. The maximum atomic E-state index is 12.0. The number of rotatable bonds is 9. The van der Waals surface area contributed by atoms with Gasteiger partial charge in [-0.25, -0.2) is 4.79 Å². The first-order chi connectivity index (χ1) is 9.69. The van der Waals surface area contributed by atoms with Crippen LogP contribution >= 0.6 is 0 Å². The van der Waals surface area contributed by atoms with Gasteiger partial charge in [0.1, 0.15) is 6.04 Å². The molecular weight excluding hydrogens is 258 g/mol. The molecule has 0 aliphatic rings. The Balaban J connectivity index is 2.58. The third kappa shape index (κ3) is 5.69. The van der Waals surface area contributed by atoms with Crippen LogP contribution in [-0.4, -0.2) is 44.0 Å². The summed E-state index contributed by atoms with van der Waals surface area (Å²) in [7, 11) is 1.54. The number of aliphatic hydroxyl groups excluding tert-OH is 1. The fourth-order valence-corrected chi connectivity index (χ4v) is 1.88. The molecule has 0 aliphatic carbocycles. The van der Waals surface area contributed by atoms with Gasteiger partial charge in [0.05, 0.1) is 19.3 Å². The molecule has 5 nitrogen and oxygen atoms in total. The summed E-state index contributed by atoms with van der Waals surface area (Å²) in [6, 6.07) is 8.89. The van der Waals surface area contributed by atoms with E-state index in [9.17, 15) is 9.90 Å². The highest BCUT2D eigenvalue weighted by Gasteiger charge is 2.21. The molecule has 0 fully saturated rings. The van der Waals surface area contributed by atoms with Gasteiger partial charge in [-0.2, -0.15) is 0 Å². The number of hydrogen-bond acceptors (Lipinski definition) is 5. The van der Waals surface area contributed by atoms with Crippen LogP contribution in [0, 0.1) is 0 Å². The zero-order valence-electron chi connectivity index (χ0n) is 12.0. The predicted octanol–water partition coefficient (Wildman–Crippen LogP) is 1.28. The van der Waals surface area contributed by atoms with Crippen LogP contribution in [-0.2, 0) is 14.3 Å². The van der Waals surface area contributed by atoms with Crippen molar-refractivity contribution in [1.29, 1.82) is 0 Å². The van der Waals surface area contributed by atoms with E-state index in [1.54, 1.807) is 14.0 Å². The van der Waals surface area contributed by atoms with Crippen molar-refractivity contribution < 1.29 is 19.4 Å². The van der Waals surface area contributed by atoms with Crippen LogP contribution in [0.4, 0.5) is 0 Å². The van der Waals surface area contributed by atoms with Crippen LogP contribution in [0.2, 0.25) is 0 Å². The van der Waals surface area contributed by atoms with E-state index in [0.29, 0.717) is 19.6 Å². The number of benzene rings is 1. The molecule has 0 radical (unpaired) electrons. The van der Waals surface area contributed by atoms with Gasteiger partial charge in [-0.05, 0) is 25.5 Å². The Kier molecular flexibility index (Phi) is 7.87. The number of aliphatic hydroxyl groups is 1. The highest BCUT2D eigenvalue weighted by atomic mass is 16.5. The fourth-order valence-electron chi connectivity index (χ4n) is 1.88. The molecule has 2 unspecified atom stereocenters. The molecule has 0 bridgehead atoms. The fraction of sp³-hybridized carbons (Fsp3) is 0.533. The van der Waals surface area contributed by atoms with Crippen LogP contribution in [0.15, 0.2) is 30.3 Å². The van der Waals surface area contributed by atoms with Crippen LogP contribution in [0.3, 0.4) is 0 Å². The number of nitrogens with one attached hydrogen (secondary N) is 1. The van der Waals surface area contributed by atoms with Gasteiger partial charge in [0.15, 0.2) is 0 Å². The Morgan fingerprint density at radius 2 is 2.05 bits per heavy atom. The molecule has 1 rings (SSSR count). The average Bonchev–Trinajstić information content (AvgIpc) is 2.45. The number of hydrogen-bond donors (Lipinski definition) is 2. The summed E-state index contributed by atoms with van der Waals surface area (Å²) in [5.74, 6) is -0.306. The normalized spacial score (nSPS) is 13.8. The van der Waals surface area contributed by atoms with Crippen LogP contribution in [0.1, 0.15) is 24.9 Å². The van der Waals surface area contributed by atoms with E-state index in [-0.39, 0.29) is 12.6 Å². The molecule has 1 aromatic rings. The Labute approximate surface area is 119 Å². The van der Waals surface area contributed by atoms with Crippen molar-refractivity contribution in [1.82, 2.24) is 5.32 Å². The Bertz CT molecular complexity index is 383. The first-order valence-electron chi connectivity index (χ1n) is 6.81. The van der Waals surface area contributed by atoms with Crippen LogP contribution in [0.5, 0.6) is 0 Å². The molecule has 0 heterocycles. The second kappa shape index (κ2) is 9.47. The maximum absolute atomic E-state index is 12.0. The summed E-state index contributed by atoms with van der Waals surface area (Å²) in [5, 5.41) is 12.7. The Hall–Kier alpha value is -1.43. The van der Waals surface area contributed by atoms with Crippen molar-refractivity contribution in [3.8, 4) is 0 Å². The first kappa shape index (κ1) is 16.6. The standard InChI is InChI=1S/C15H23NO4/c1-3-20-15(18)14(12-7-5-4-6-8-12)16-10-9-13(17)11-19-2/h4-8,13-14,16-17H,3,9-11H2,1-2H3. The summed E-state index contributed by atoms with van der Waals surface area (Å²) < 4.78 is 9.94. The summed E-state index contributed by atoms with van der Waals surface area (Å²) in [5.41, 5.74) is 0.854. The number of esters is 1. The second-order valence-electron chi connectivity index (χ2n) is 4.45. The van der Waals surface area contributed by atoms with Gasteiger partial charge in [-0.1, -0.05) is 30.3 Å². The van der Waals surface area contributed by atoms with Gasteiger partial charge in [-0.3, -0.25) is 0 Å². The third-order valence-electron chi connectivity index (χ3n) is 2.84. The quantitative estimate of drug-likeness (QED) is 0.667. The van der Waals surface area contributed by atoms with E-state index < -0.39 is 12.1 Å². The first-order valence-corrected chi connectivity index (χ1v) is 6.81. The molecular formula is C15H23NO4. The van der Waals surface area contributed by atoms with Gasteiger partial charge < -0.3 is 19.9 Å². The van der Waals surface area contributed by atoms with Gasteiger partial charge in [-0.15, -0.1) is 0 Å². The lowest BCUT2D eigenvalue weighted by Gasteiger charge is -2.18. The Morgan fingerprint density at radius 1 is 1.35 bits per heavy atom. The summed E-state index contributed by atoms with van der Waals surface area (Å²) in [6.45, 7) is 2.92. The molecule has 0 amide bonds. The molecule has 0 saturated carbocycles. The monoisotopic (exact) mass is 281 g/mol. The molecule has 0 spiro atoms. The minimum atomic E-state index is -0.536. The van der Waals surface area contributed by atoms with Crippen molar-refractivity contribution >= 4 is 5.97 Å². The van der Waals surface area contributed by atoms with Gasteiger partial charge in [0.25, 0.3) is 0 Å². The third-order valence-corrected chi connectivity index (χ3v) is 2.84. The van der Waals surface area contributed by atoms with E-state index in [2.05, 4.69) is 5.32 Å². The zero-order chi connectivity index (χ0) is 14.8. The molecule has 1 aromatic carbocycles. The molecule has 20 heavy (non-hydrogen) atoms. The minimum Gasteiger partial charge on any atom is -0.465 e. The van der Waals surface area contributed by atoms with Crippen LogP contribution < -0.4 is 5.32 Å². The molecule has 0 aliphatic heterocycles. The van der Waals surface area contributed by atoms with Crippen LogP contribution in [0.25, 0.3) is 0 Å². The van der Waals surface area contributed by atoms with Crippen molar-refractivity contribution in [3.05, 3.63) is 35.9 Å². The number of ether oxygens (including phenoxy) is 2. The minimum absolute atomic E-state index is 0.289. The van der Waals surface area contributed by atoms with E-state index >= 15 is 0 Å². The largest absolute Gasteiger partial charge is 0.465 e. The Morgan fingerprint density at radius 3 is 2.65 bits per heavy atom. The van der Waals surface area contributed by atoms with Crippen molar-refractivity contribution in [3.63, 3.8) is 0 Å². The van der Waals surface area contributed by atoms with Gasteiger partial charge >= 0.3 is 5.97 Å². The topological polar surface area (TPSA) is 67.8 Å². The van der Waals surface area contributed by atoms with E-state index in [0.717, 1.165) is 5.56 Å². The summed E-state index contributed by atoms with van der Waals surface area (Å²) >= 11 is 0. The van der Waals surface area contributed by atoms with Gasteiger partial charge in [0, 0.05) is 7.11 Å². The van der Waals surface area contributed by atoms with Gasteiger partial charge in [0.2, 0.25) is 0 Å². The predicted molar refractivity (Wildman–Crippen MR) is 76.3 cm³/mol. The lowest BCUT2D eigenvalue weighted by atomic mass is 10.1. The highest BCUT2D eigenvalue weighted by Crippen LogP contribution is 2.14. The maximum Gasteiger partial charge on any atom is 0.327 e. The van der Waals surface area contributed by atoms with E-state index in [4.69, 9.17) is 9.47 Å². The van der Waals surface area contributed by atoms with E-state index in [1.807, 2.05) is 30.3 Å². The molecule has 0 aromatic heterocycles. The smallest absolute Gasteiger partial charge is 0.327 e. The molecule has 0 saturated heterocycles. The molecule has 112 valence electrons. The van der Waals surface area contributed by atoms with Crippen molar-refractivity contribution in [2.75, 3.05) is 26.9 Å². The summed E-state index contributed by atoms with van der Waals surface area (Å²) in [6.07, 6.45) is -0.0255. The summed E-state index contributed by atoms with van der Waals surface area (Å²) in [4.78, 5) is 12.0. The highest BCUT2D eigenvalue weighted by molar-refractivity contribution is 5.77. The zero-order valence-corrected chi connectivity index (χ0v) is 12.0. The molecule has 5 heteroatoms. The second-order valence-corrected chi connectivity index (χ2v) is 4.45. The lowest BCUT2D eigenvalue weighted by Crippen LogP contribution is -2.33. The molecule has 2 atom stereocenters. The lowest BCUT2D eigenvalue weighted by molar-refractivity contribution is -0.145. The average molecular weight is 281 g/mol. The molecule has 2 N–H and O–H groups in total.